The molecule has 0 bridgehead atoms. The van der Waals surface area contributed by atoms with Crippen molar-refractivity contribution in [3.63, 3.8) is 0 Å². The molecule has 1 saturated heterocycles. The molecule has 1 aliphatic rings. The summed E-state index contributed by atoms with van der Waals surface area (Å²) in [4.78, 5) is 0. The molecule has 1 heterocycles. The highest BCUT2D eigenvalue weighted by Crippen LogP contribution is 2.18. The fraction of sp³-hybridized carbons (Fsp3) is 1.00. The standard InChI is InChI=1S/C5H12O2Si/c1-4-2-6-5(4)3-7-8/h4-5H,2-3H2,1,8H3. The number of hydrogen-bond acceptors (Lipinski definition) is 2. The molecule has 0 N–H and O–H groups in total. The molecule has 8 heavy (non-hydrogen) atoms. The summed E-state index contributed by atoms with van der Waals surface area (Å²) in [6.45, 7) is 3.93. The molecule has 0 aromatic carbocycles. The van der Waals surface area contributed by atoms with Gasteiger partial charge in [0, 0.05) is 5.92 Å². The van der Waals surface area contributed by atoms with Gasteiger partial charge in [-0.05, 0) is 0 Å². The van der Waals surface area contributed by atoms with E-state index in [1.807, 2.05) is 0 Å². The van der Waals surface area contributed by atoms with Crippen molar-refractivity contribution in [2.75, 3.05) is 13.2 Å². The summed E-state index contributed by atoms with van der Waals surface area (Å²) in [6, 6.07) is 0. The van der Waals surface area contributed by atoms with Crippen LogP contribution in [-0.2, 0) is 9.16 Å². The van der Waals surface area contributed by atoms with Gasteiger partial charge in [0.1, 0.15) is 10.5 Å². The zero-order chi connectivity index (χ0) is 5.98. The topological polar surface area (TPSA) is 18.5 Å². The minimum Gasteiger partial charge on any atom is -0.425 e. The van der Waals surface area contributed by atoms with E-state index in [0.717, 1.165) is 29.6 Å². The second kappa shape index (κ2) is 2.62. The zero-order valence-electron chi connectivity index (χ0n) is 5.39. The Kier molecular flexibility index (Phi) is 2.05. The van der Waals surface area contributed by atoms with Crippen LogP contribution in [0, 0.1) is 5.92 Å². The molecule has 0 saturated carbocycles. The largest absolute Gasteiger partial charge is 0.425 e. The third-order valence-electron chi connectivity index (χ3n) is 1.54. The maximum absolute atomic E-state index is 5.18. The predicted molar refractivity (Wildman–Crippen MR) is 34.8 cm³/mol. The van der Waals surface area contributed by atoms with Crippen LogP contribution in [0.25, 0.3) is 0 Å². The first-order valence-electron chi connectivity index (χ1n) is 2.95. The smallest absolute Gasteiger partial charge is 0.146 e. The van der Waals surface area contributed by atoms with Gasteiger partial charge in [0.05, 0.1) is 19.3 Å². The van der Waals surface area contributed by atoms with Gasteiger partial charge in [0.2, 0.25) is 0 Å². The maximum atomic E-state index is 5.18. The first kappa shape index (κ1) is 6.26. The lowest BCUT2D eigenvalue weighted by Gasteiger charge is -2.33. The fourth-order valence-corrected chi connectivity index (χ4v) is 1.13. The first-order valence-corrected chi connectivity index (χ1v) is 3.76. The van der Waals surface area contributed by atoms with Crippen LogP contribution in [0.5, 0.6) is 0 Å². The van der Waals surface area contributed by atoms with Crippen molar-refractivity contribution < 1.29 is 9.16 Å². The normalized spacial score (nSPS) is 37.1. The molecule has 3 heteroatoms. The molecule has 1 fully saturated rings. The minimum atomic E-state index is 0.410. The average Bonchev–Trinajstić information content (AvgIpc) is 1.79. The average molecular weight is 132 g/mol. The molecule has 0 aliphatic carbocycles. The summed E-state index contributed by atoms with van der Waals surface area (Å²) >= 11 is 0. The molecular weight excluding hydrogens is 120 g/mol. The summed E-state index contributed by atoms with van der Waals surface area (Å²) in [5.41, 5.74) is 0. The van der Waals surface area contributed by atoms with Crippen LogP contribution >= 0.6 is 0 Å². The molecule has 2 atom stereocenters. The summed E-state index contributed by atoms with van der Waals surface area (Å²) in [7, 11) is 0.837. The zero-order valence-corrected chi connectivity index (χ0v) is 7.39. The summed E-state index contributed by atoms with van der Waals surface area (Å²) in [5, 5.41) is 0. The minimum absolute atomic E-state index is 0.410. The Bertz CT molecular complexity index is 76.8. The van der Waals surface area contributed by atoms with Gasteiger partial charge in [-0.25, -0.2) is 0 Å². The molecule has 0 spiro atoms. The molecule has 0 aromatic rings. The highest BCUT2D eigenvalue weighted by atomic mass is 28.2. The molecule has 48 valence electrons. The molecule has 1 rings (SSSR count). The quantitative estimate of drug-likeness (QED) is 0.463. The molecule has 2 unspecified atom stereocenters. The second-order valence-corrected chi connectivity index (χ2v) is 2.88. The Balaban J connectivity index is 2.08. The van der Waals surface area contributed by atoms with E-state index in [0.29, 0.717) is 6.10 Å². The van der Waals surface area contributed by atoms with E-state index in [2.05, 4.69) is 6.92 Å². The maximum Gasteiger partial charge on any atom is 0.146 e. The van der Waals surface area contributed by atoms with E-state index in [9.17, 15) is 0 Å². The van der Waals surface area contributed by atoms with E-state index in [1.165, 1.54) is 0 Å². The van der Waals surface area contributed by atoms with Crippen LogP contribution < -0.4 is 0 Å². The number of hydrogen-bond donors (Lipinski definition) is 0. The van der Waals surface area contributed by atoms with Gasteiger partial charge >= 0.3 is 0 Å². The number of ether oxygens (including phenoxy) is 1. The van der Waals surface area contributed by atoms with E-state index in [4.69, 9.17) is 9.16 Å². The van der Waals surface area contributed by atoms with E-state index < -0.39 is 0 Å². The van der Waals surface area contributed by atoms with Crippen LogP contribution in [-0.4, -0.2) is 29.8 Å². The molecule has 0 amide bonds. The van der Waals surface area contributed by atoms with E-state index in [-0.39, 0.29) is 0 Å². The van der Waals surface area contributed by atoms with Gasteiger partial charge in [-0.3, -0.25) is 0 Å². The van der Waals surface area contributed by atoms with Crippen molar-refractivity contribution in [1.29, 1.82) is 0 Å². The Labute approximate surface area is 52.7 Å². The van der Waals surface area contributed by atoms with Crippen molar-refractivity contribution in [3.8, 4) is 0 Å². The molecule has 0 aromatic heterocycles. The fourth-order valence-electron chi connectivity index (χ4n) is 0.801. The summed E-state index contributed by atoms with van der Waals surface area (Å²) in [5.74, 6) is 0.726. The van der Waals surface area contributed by atoms with E-state index in [1.54, 1.807) is 0 Å². The lowest BCUT2D eigenvalue weighted by molar-refractivity contribution is -0.122. The Morgan fingerprint density at radius 2 is 2.62 bits per heavy atom. The third-order valence-corrected chi connectivity index (χ3v) is 1.87. The highest BCUT2D eigenvalue weighted by Gasteiger charge is 2.26. The lowest BCUT2D eigenvalue weighted by Crippen LogP contribution is -2.40. The van der Waals surface area contributed by atoms with Crippen molar-refractivity contribution in [2.45, 2.75) is 13.0 Å². The third kappa shape index (κ3) is 1.10. The summed E-state index contributed by atoms with van der Waals surface area (Å²) < 4.78 is 10.2. The monoisotopic (exact) mass is 132 g/mol. The van der Waals surface area contributed by atoms with Crippen LogP contribution in [0.4, 0.5) is 0 Å². The van der Waals surface area contributed by atoms with Crippen LogP contribution in [0.1, 0.15) is 6.92 Å². The summed E-state index contributed by atoms with van der Waals surface area (Å²) in [6.07, 6.45) is 0.410. The van der Waals surface area contributed by atoms with Crippen molar-refractivity contribution >= 4 is 10.5 Å². The van der Waals surface area contributed by atoms with Gasteiger partial charge in [-0.1, -0.05) is 6.92 Å². The van der Waals surface area contributed by atoms with E-state index >= 15 is 0 Å². The van der Waals surface area contributed by atoms with Gasteiger partial charge in [-0.15, -0.1) is 0 Å². The second-order valence-electron chi connectivity index (χ2n) is 2.30. The van der Waals surface area contributed by atoms with Gasteiger partial charge < -0.3 is 9.16 Å². The van der Waals surface area contributed by atoms with Crippen molar-refractivity contribution in [1.82, 2.24) is 0 Å². The predicted octanol–water partition coefficient (Wildman–Crippen LogP) is -0.682. The number of rotatable bonds is 2. The first-order chi connectivity index (χ1) is 3.84. The molecule has 1 aliphatic heterocycles. The van der Waals surface area contributed by atoms with Crippen LogP contribution in [0.2, 0.25) is 0 Å². The van der Waals surface area contributed by atoms with Gasteiger partial charge in [0.25, 0.3) is 0 Å². The van der Waals surface area contributed by atoms with Crippen LogP contribution in [0.3, 0.4) is 0 Å². The Morgan fingerprint density at radius 1 is 1.88 bits per heavy atom. The highest BCUT2D eigenvalue weighted by molar-refractivity contribution is 5.97. The molecule has 0 radical (unpaired) electrons. The van der Waals surface area contributed by atoms with Crippen molar-refractivity contribution in [3.05, 3.63) is 0 Å². The van der Waals surface area contributed by atoms with Crippen molar-refractivity contribution in [2.24, 2.45) is 5.92 Å². The van der Waals surface area contributed by atoms with Gasteiger partial charge in [0.15, 0.2) is 0 Å². The SMILES string of the molecule is CC1COC1CO[SiH3]. The molecule has 2 nitrogen and oxygen atoms in total. The van der Waals surface area contributed by atoms with Crippen LogP contribution in [0.15, 0.2) is 0 Å². The Hall–Kier alpha value is 0.137. The van der Waals surface area contributed by atoms with Gasteiger partial charge in [-0.2, -0.15) is 0 Å². The lowest BCUT2D eigenvalue weighted by atomic mass is 10.0. The molecular formula is C5H12O2Si. The Morgan fingerprint density at radius 3 is 2.75 bits per heavy atom.